The lowest BCUT2D eigenvalue weighted by Gasteiger charge is -2.24. The van der Waals surface area contributed by atoms with Crippen molar-refractivity contribution in [2.75, 3.05) is 13.2 Å². The first kappa shape index (κ1) is 29.6. The minimum absolute atomic E-state index is 0.00124. The van der Waals surface area contributed by atoms with Crippen LogP contribution in [0.2, 0.25) is 10.0 Å². The van der Waals surface area contributed by atoms with E-state index in [1.165, 1.54) is 10.6 Å². The molecule has 1 aliphatic heterocycles. The molecule has 1 saturated heterocycles. The Bertz CT molecular complexity index is 1300. The zero-order chi connectivity index (χ0) is 28.0. The second kappa shape index (κ2) is 12.7. The molecular weight excluding hydrogens is 531 g/mol. The fourth-order valence-corrected chi connectivity index (χ4v) is 4.70. The number of likely N-dealkylation sites (tertiary alicyclic amines) is 1. The smallest absolute Gasteiger partial charge is 0.407 e. The average molecular weight is 565 g/mol. The first-order valence-corrected chi connectivity index (χ1v) is 13.6. The zero-order valence-electron chi connectivity index (χ0n) is 22.2. The van der Waals surface area contributed by atoms with Gasteiger partial charge in [-0.15, -0.1) is 0 Å². The minimum Gasteiger partial charge on any atom is -0.491 e. The van der Waals surface area contributed by atoms with E-state index in [2.05, 4.69) is 11.4 Å². The number of hydrogen-bond donors (Lipinski definition) is 1. The predicted molar refractivity (Wildman–Crippen MR) is 147 cm³/mol. The number of carbonyl (C=O) groups excluding carboxylic acids is 2. The van der Waals surface area contributed by atoms with Gasteiger partial charge in [0.15, 0.2) is 0 Å². The third kappa shape index (κ3) is 7.12. The number of nitrogens with zero attached hydrogens (tertiary/aromatic N) is 3. The second-order valence-corrected chi connectivity index (χ2v) is 11.0. The number of nitriles is 1. The molecule has 1 aromatic heterocycles. The molecule has 2 aromatic rings. The molecule has 206 valence electrons. The largest absolute Gasteiger partial charge is 0.491 e. The summed E-state index contributed by atoms with van der Waals surface area (Å²) in [6.45, 7) is 8.11. The van der Waals surface area contributed by atoms with E-state index in [0.29, 0.717) is 36.4 Å². The van der Waals surface area contributed by atoms with Crippen molar-refractivity contribution in [1.29, 1.82) is 5.26 Å². The monoisotopic (exact) mass is 564 g/mol. The number of hydrogen-bond acceptors (Lipinski definition) is 6. The number of halogens is 2. The lowest BCUT2D eigenvalue weighted by Crippen LogP contribution is -2.37. The number of pyridine rings is 1. The van der Waals surface area contributed by atoms with E-state index < -0.39 is 23.3 Å². The summed E-state index contributed by atoms with van der Waals surface area (Å²) in [6, 6.07) is 4.78. The van der Waals surface area contributed by atoms with E-state index in [-0.39, 0.29) is 40.8 Å². The maximum Gasteiger partial charge on any atom is 0.407 e. The Kier molecular flexibility index (Phi) is 9.91. The minimum atomic E-state index is -0.711. The molecule has 2 amide bonds. The lowest BCUT2D eigenvalue weighted by molar-refractivity contribution is -0.131. The van der Waals surface area contributed by atoms with Gasteiger partial charge in [-0.25, -0.2) is 4.79 Å². The van der Waals surface area contributed by atoms with Crippen LogP contribution in [0.15, 0.2) is 16.9 Å². The molecule has 1 N–H and O–H groups in total. The highest BCUT2D eigenvalue weighted by molar-refractivity contribution is 6.42. The number of fused-ring (bicyclic) bond motifs is 1. The summed E-state index contributed by atoms with van der Waals surface area (Å²) in [4.78, 5) is 40.7. The number of amides is 2. The fourth-order valence-electron chi connectivity index (χ4n) is 4.37. The van der Waals surface area contributed by atoms with Gasteiger partial charge in [-0.05, 0) is 52.2 Å². The topological polar surface area (TPSA) is 114 Å². The van der Waals surface area contributed by atoms with Gasteiger partial charge in [0.2, 0.25) is 5.91 Å². The molecule has 3 rings (SSSR count). The van der Waals surface area contributed by atoms with Crippen molar-refractivity contribution in [3.05, 3.63) is 38.2 Å². The molecule has 38 heavy (non-hydrogen) atoms. The molecule has 11 heteroatoms. The van der Waals surface area contributed by atoms with Gasteiger partial charge >= 0.3 is 6.09 Å². The first-order chi connectivity index (χ1) is 18.0. The highest BCUT2D eigenvalue weighted by atomic mass is 35.5. The molecule has 1 atom stereocenters. The SMILES string of the molecule is CCCCOc1c(CNC(=O)OC(C)(C)C)n(CCC(=O)N2CCC[C@H]2C#N)c(=O)c2cc(Cl)c(Cl)cc12. The van der Waals surface area contributed by atoms with Gasteiger partial charge in [0.05, 0.1) is 40.3 Å². The molecular formula is C27H34Cl2N4O5. The average Bonchev–Trinajstić information content (AvgIpc) is 3.33. The number of ether oxygens (including phenoxy) is 2. The molecule has 9 nitrogen and oxygen atoms in total. The van der Waals surface area contributed by atoms with Crippen molar-refractivity contribution < 1.29 is 19.1 Å². The first-order valence-electron chi connectivity index (χ1n) is 12.8. The summed E-state index contributed by atoms with van der Waals surface area (Å²) in [5.41, 5.74) is -0.723. The summed E-state index contributed by atoms with van der Waals surface area (Å²) in [7, 11) is 0. The van der Waals surface area contributed by atoms with Crippen molar-refractivity contribution >= 4 is 46.0 Å². The summed E-state index contributed by atoms with van der Waals surface area (Å²) in [5, 5.41) is 13.3. The van der Waals surface area contributed by atoms with E-state index in [1.807, 2.05) is 6.92 Å². The van der Waals surface area contributed by atoms with E-state index in [4.69, 9.17) is 32.7 Å². The number of nitrogens with one attached hydrogen (secondary N) is 1. The van der Waals surface area contributed by atoms with Crippen LogP contribution < -0.4 is 15.6 Å². The maximum atomic E-state index is 13.7. The van der Waals surface area contributed by atoms with Gasteiger partial charge in [-0.1, -0.05) is 36.5 Å². The Morgan fingerprint density at radius 2 is 1.89 bits per heavy atom. The number of benzene rings is 1. The van der Waals surface area contributed by atoms with Crippen LogP contribution in [0.1, 0.15) is 65.5 Å². The molecule has 1 fully saturated rings. The van der Waals surface area contributed by atoms with Crippen molar-refractivity contribution in [1.82, 2.24) is 14.8 Å². The Morgan fingerprint density at radius 1 is 1.21 bits per heavy atom. The number of alkyl carbamates (subject to hydrolysis) is 1. The molecule has 0 bridgehead atoms. The van der Waals surface area contributed by atoms with Crippen molar-refractivity contribution in [3.63, 3.8) is 0 Å². The van der Waals surface area contributed by atoms with E-state index in [9.17, 15) is 19.6 Å². The number of carbonyl (C=O) groups is 2. The van der Waals surface area contributed by atoms with E-state index in [0.717, 1.165) is 19.3 Å². The van der Waals surface area contributed by atoms with E-state index >= 15 is 0 Å². The van der Waals surface area contributed by atoms with Gasteiger partial charge in [0.25, 0.3) is 5.56 Å². The van der Waals surface area contributed by atoms with Gasteiger partial charge in [0.1, 0.15) is 17.4 Å². The normalized spacial score (nSPS) is 15.4. The number of aromatic nitrogens is 1. The molecule has 0 spiro atoms. The summed E-state index contributed by atoms with van der Waals surface area (Å²) in [5.74, 6) is 0.167. The van der Waals surface area contributed by atoms with Gasteiger partial charge < -0.3 is 24.3 Å². The summed E-state index contributed by atoms with van der Waals surface area (Å²) >= 11 is 12.6. The number of rotatable bonds is 9. The summed E-state index contributed by atoms with van der Waals surface area (Å²) in [6.07, 6.45) is 2.40. The van der Waals surface area contributed by atoms with Crippen LogP contribution >= 0.6 is 23.2 Å². The number of unbranched alkanes of at least 4 members (excludes halogenated alkanes) is 1. The Balaban J connectivity index is 2.07. The molecule has 1 aliphatic rings. The van der Waals surface area contributed by atoms with Gasteiger partial charge in [0, 0.05) is 24.9 Å². The fraction of sp³-hybridized carbons (Fsp3) is 0.556. The van der Waals surface area contributed by atoms with Crippen LogP contribution in [0, 0.1) is 11.3 Å². The molecule has 2 heterocycles. The highest BCUT2D eigenvalue weighted by Crippen LogP contribution is 2.34. The van der Waals surface area contributed by atoms with Crippen molar-refractivity contribution in [2.24, 2.45) is 0 Å². The van der Waals surface area contributed by atoms with E-state index in [1.54, 1.807) is 31.7 Å². The quantitative estimate of drug-likeness (QED) is 0.407. The predicted octanol–water partition coefficient (Wildman–Crippen LogP) is 5.42. The Labute approximate surface area is 232 Å². The van der Waals surface area contributed by atoms with Gasteiger partial charge in [-0.3, -0.25) is 9.59 Å². The molecule has 1 aromatic carbocycles. The molecule has 0 saturated carbocycles. The van der Waals surface area contributed by atoms with Gasteiger partial charge in [-0.2, -0.15) is 5.26 Å². The zero-order valence-corrected chi connectivity index (χ0v) is 23.7. The Morgan fingerprint density at radius 3 is 2.53 bits per heavy atom. The van der Waals surface area contributed by atoms with Crippen LogP contribution in [-0.2, 0) is 22.6 Å². The van der Waals surface area contributed by atoms with Crippen LogP contribution in [0.5, 0.6) is 5.75 Å². The Hall–Kier alpha value is -2.96. The third-order valence-electron chi connectivity index (χ3n) is 6.18. The summed E-state index contributed by atoms with van der Waals surface area (Å²) < 4.78 is 13.0. The third-order valence-corrected chi connectivity index (χ3v) is 6.91. The van der Waals surface area contributed by atoms with Crippen molar-refractivity contribution in [2.45, 2.75) is 84.5 Å². The standard InChI is InChI=1S/C27H34Cl2N4O5/c1-5-6-12-37-24-18-13-20(28)21(29)14-19(18)25(35)33(22(24)16-31-26(36)38-27(2,3)4)11-9-23(34)32-10-7-8-17(32)15-30/h13-14,17H,5-12,16H2,1-4H3,(H,31,36)/t17-/m0/s1. The second-order valence-electron chi connectivity index (χ2n) is 10.2. The van der Waals surface area contributed by atoms with Crippen LogP contribution in [-0.4, -0.2) is 46.3 Å². The van der Waals surface area contributed by atoms with Crippen LogP contribution in [0.4, 0.5) is 4.79 Å². The van der Waals surface area contributed by atoms with Crippen LogP contribution in [0.3, 0.4) is 0 Å². The maximum absolute atomic E-state index is 13.7. The molecule has 0 unspecified atom stereocenters. The highest BCUT2D eigenvalue weighted by Gasteiger charge is 2.29. The van der Waals surface area contributed by atoms with Crippen molar-refractivity contribution in [3.8, 4) is 11.8 Å². The molecule has 0 aliphatic carbocycles. The van der Waals surface area contributed by atoms with Crippen LogP contribution in [0.25, 0.3) is 10.8 Å². The molecule has 0 radical (unpaired) electrons. The lowest BCUT2D eigenvalue weighted by atomic mass is 10.1.